The van der Waals surface area contributed by atoms with E-state index in [0.717, 1.165) is 29.2 Å². The van der Waals surface area contributed by atoms with Gasteiger partial charge in [0, 0.05) is 29.2 Å². The Morgan fingerprint density at radius 1 is 1.22 bits per heavy atom. The summed E-state index contributed by atoms with van der Waals surface area (Å²) in [6.45, 7) is 4.09. The van der Waals surface area contributed by atoms with Crippen LogP contribution in [0.2, 0.25) is 0 Å². The smallest absolute Gasteiger partial charge is 0.355 e. The number of methoxy groups -OCH3 is 2. The largest absolute Gasteiger partial charge is 0.497 e. The molecular formula is C21H25NO5. The minimum absolute atomic E-state index is 0.0226. The summed E-state index contributed by atoms with van der Waals surface area (Å²) in [6.07, 6.45) is 1.73. The van der Waals surface area contributed by atoms with Gasteiger partial charge in [-0.1, -0.05) is 6.92 Å². The minimum atomic E-state index is -0.410. The van der Waals surface area contributed by atoms with E-state index in [4.69, 9.17) is 14.2 Å². The van der Waals surface area contributed by atoms with Gasteiger partial charge in [0.05, 0.1) is 20.8 Å². The van der Waals surface area contributed by atoms with E-state index in [-0.39, 0.29) is 11.7 Å². The molecule has 0 spiro atoms. The highest BCUT2D eigenvalue weighted by atomic mass is 16.5. The predicted octanol–water partition coefficient (Wildman–Crippen LogP) is 3.82. The highest BCUT2D eigenvalue weighted by Crippen LogP contribution is 2.40. The summed E-state index contributed by atoms with van der Waals surface area (Å²) in [6, 6.07) is 5.59. The number of hydrogen-bond acceptors (Lipinski definition) is 5. The van der Waals surface area contributed by atoms with Gasteiger partial charge in [-0.2, -0.15) is 0 Å². The number of ketones is 1. The van der Waals surface area contributed by atoms with Gasteiger partial charge in [-0.25, -0.2) is 4.79 Å². The third-order valence-corrected chi connectivity index (χ3v) is 5.01. The lowest BCUT2D eigenvalue weighted by atomic mass is 9.81. The first-order valence-corrected chi connectivity index (χ1v) is 9.13. The maximum absolute atomic E-state index is 12.8. The molecule has 6 nitrogen and oxygen atoms in total. The summed E-state index contributed by atoms with van der Waals surface area (Å²) in [5.74, 6) is 1.01. The van der Waals surface area contributed by atoms with Crippen LogP contribution in [0.15, 0.2) is 18.2 Å². The number of fused-ring (bicyclic) bond motifs is 1. The van der Waals surface area contributed by atoms with Crippen LogP contribution in [-0.4, -0.2) is 37.6 Å². The Bertz CT molecular complexity index is 868. The average molecular weight is 371 g/mol. The zero-order chi connectivity index (χ0) is 19.6. The van der Waals surface area contributed by atoms with Crippen LogP contribution in [-0.2, 0) is 11.2 Å². The van der Waals surface area contributed by atoms with Gasteiger partial charge in [-0.3, -0.25) is 4.79 Å². The number of esters is 1. The van der Waals surface area contributed by atoms with E-state index in [1.54, 1.807) is 21.1 Å². The van der Waals surface area contributed by atoms with Crippen LogP contribution < -0.4 is 9.47 Å². The molecule has 1 heterocycles. The topological polar surface area (TPSA) is 77.6 Å². The molecule has 27 heavy (non-hydrogen) atoms. The Kier molecular flexibility index (Phi) is 5.54. The standard InChI is InChI=1S/C21H25NO5/c1-5-8-27-21(24)20-12(2)19-16(22-20)9-13(10-17(19)23)15-11-14(25-3)6-7-18(15)26-4/h6-7,11,13,22H,5,8-10H2,1-4H3/t13-/m1/s1. The molecule has 0 fully saturated rings. The molecule has 0 saturated carbocycles. The quantitative estimate of drug-likeness (QED) is 0.781. The van der Waals surface area contributed by atoms with Gasteiger partial charge < -0.3 is 19.2 Å². The monoisotopic (exact) mass is 371 g/mol. The number of carbonyl (C=O) groups is 2. The van der Waals surface area contributed by atoms with Gasteiger partial charge >= 0.3 is 5.97 Å². The molecule has 1 N–H and O–H groups in total. The predicted molar refractivity (Wildman–Crippen MR) is 101 cm³/mol. The van der Waals surface area contributed by atoms with Crippen molar-refractivity contribution in [3.05, 3.63) is 46.3 Å². The van der Waals surface area contributed by atoms with Crippen molar-refractivity contribution in [1.82, 2.24) is 4.98 Å². The zero-order valence-electron chi connectivity index (χ0n) is 16.2. The van der Waals surface area contributed by atoms with Crippen molar-refractivity contribution in [2.24, 2.45) is 0 Å². The lowest BCUT2D eigenvalue weighted by Gasteiger charge is -2.24. The minimum Gasteiger partial charge on any atom is -0.497 e. The fourth-order valence-electron chi connectivity index (χ4n) is 3.68. The number of H-pyrrole nitrogens is 1. The number of benzene rings is 1. The molecule has 0 bridgehead atoms. The van der Waals surface area contributed by atoms with Crippen molar-refractivity contribution in [2.75, 3.05) is 20.8 Å². The second-order valence-corrected chi connectivity index (χ2v) is 6.75. The van der Waals surface area contributed by atoms with Crippen molar-refractivity contribution in [1.29, 1.82) is 0 Å². The molecule has 2 aromatic rings. The van der Waals surface area contributed by atoms with Gasteiger partial charge in [-0.15, -0.1) is 0 Å². The van der Waals surface area contributed by atoms with Gasteiger partial charge in [0.1, 0.15) is 17.2 Å². The van der Waals surface area contributed by atoms with Crippen LogP contribution >= 0.6 is 0 Å². The van der Waals surface area contributed by atoms with Crippen LogP contribution in [0.5, 0.6) is 11.5 Å². The second-order valence-electron chi connectivity index (χ2n) is 6.75. The van der Waals surface area contributed by atoms with E-state index >= 15 is 0 Å². The molecule has 0 saturated heterocycles. The van der Waals surface area contributed by atoms with E-state index in [2.05, 4.69) is 4.98 Å². The van der Waals surface area contributed by atoms with Gasteiger partial charge in [0.25, 0.3) is 0 Å². The normalized spacial score (nSPS) is 16.0. The van der Waals surface area contributed by atoms with Crippen LogP contribution in [0, 0.1) is 6.92 Å². The second kappa shape index (κ2) is 7.86. The summed E-state index contributed by atoms with van der Waals surface area (Å²) in [7, 11) is 3.22. The molecule has 1 aliphatic rings. The van der Waals surface area contributed by atoms with E-state index in [0.29, 0.717) is 36.3 Å². The number of hydrogen-bond donors (Lipinski definition) is 1. The first-order valence-electron chi connectivity index (χ1n) is 9.13. The first kappa shape index (κ1) is 19.0. The van der Waals surface area contributed by atoms with Crippen molar-refractivity contribution < 1.29 is 23.8 Å². The van der Waals surface area contributed by atoms with E-state index < -0.39 is 5.97 Å². The SMILES string of the molecule is CCCOC(=O)c1[nH]c2c(c1C)C(=O)C[C@H](c1cc(OC)ccc1OC)C2. The maximum Gasteiger partial charge on any atom is 0.355 e. The summed E-state index contributed by atoms with van der Waals surface area (Å²) < 4.78 is 16.0. The molecule has 1 aromatic heterocycles. The Hall–Kier alpha value is -2.76. The highest BCUT2D eigenvalue weighted by Gasteiger charge is 2.33. The van der Waals surface area contributed by atoms with Crippen LogP contribution in [0.3, 0.4) is 0 Å². The van der Waals surface area contributed by atoms with Crippen LogP contribution in [0.25, 0.3) is 0 Å². The average Bonchev–Trinajstić information content (AvgIpc) is 3.02. The van der Waals surface area contributed by atoms with Crippen LogP contribution in [0.4, 0.5) is 0 Å². The molecule has 3 rings (SSSR count). The molecule has 1 atom stereocenters. The molecule has 0 unspecified atom stereocenters. The fourth-order valence-corrected chi connectivity index (χ4v) is 3.68. The van der Waals surface area contributed by atoms with Gasteiger partial charge in [0.15, 0.2) is 5.78 Å². The molecule has 0 aliphatic heterocycles. The first-order chi connectivity index (χ1) is 13.0. The molecule has 1 aromatic carbocycles. The number of rotatable bonds is 6. The molecule has 144 valence electrons. The molecule has 6 heteroatoms. The summed E-state index contributed by atoms with van der Waals surface area (Å²) >= 11 is 0. The molecular weight excluding hydrogens is 346 g/mol. The number of Topliss-reactive ketones (excluding diaryl/α,β-unsaturated/α-hetero) is 1. The lowest BCUT2D eigenvalue weighted by molar-refractivity contribution is 0.0498. The summed E-state index contributed by atoms with van der Waals surface area (Å²) in [5.41, 5.74) is 3.38. The van der Waals surface area contributed by atoms with Crippen molar-refractivity contribution in [3.8, 4) is 11.5 Å². The zero-order valence-corrected chi connectivity index (χ0v) is 16.2. The van der Waals surface area contributed by atoms with Crippen molar-refractivity contribution in [3.63, 3.8) is 0 Å². The van der Waals surface area contributed by atoms with Crippen molar-refractivity contribution >= 4 is 11.8 Å². The van der Waals surface area contributed by atoms with E-state index in [1.807, 2.05) is 25.1 Å². The third-order valence-electron chi connectivity index (χ3n) is 5.01. The van der Waals surface area contributed by atoms with E-state index in [1.165, 1.54) is 0 Å². The molecule has 0 radical (unpaired) electrons. The Morgan fingerprint density at radius 2 is 2.00 bits per heavy atom. The number of carbonyl (C=O) groups excluding carboxylic acids is 2. The Morgan fingerprint density at radius 3 is 2.67 bits per heavy atom. The maximum atomic E-state index is 12.8. The third kappa shape index (κ3) is 3.56. The fraction of sp³-hybridized carbons (Fsp3) is 0.429. The van der Waals surface area contributed by atoms with E-state index in [9.17, 15) is 9.59 Å². The van der Waals surface area contributed by atoms with Gasteiger partial charge in [-0.05, 0) is 43.5 Å². The number of aromatic nitrogens is 1. The number of aromatic amines is 1. The highest BCUT2D eigenvalue weighted by molar-refractivity contribution is 6.03. The Balaban J connectivity index is 1.95. The van der Waals surface area contributed by atoms with Gasteiger partial charge in [0.2, 0.25) is 0 Å². The Labute approximate surface area is 158 Å². The van der Waals surface area contributed by atoms with Crippen molar-refractivity contribution in [2.45, 2.75) is 39.0 Å². The number of ether oxygens (including phenoxy) is 3. The molecule has 0 amide bonds. The number of nitrogens with one attached hydrogen (secondary N) is 1. The molecule has 1 aliphatic carbocycles. The van der Waals surface area contributed by atoms with Crippen LogP contribution in [0.1, 0.15) is 63.4 Å². The summed E-state index contributed by atoms with van der Waals surface area (Å²) in [5, 5.41) is 0. The summed E-state index contributed by atoms with van der Waals surface area (Å²) in [4.78, 5) is 28.3. The lowest BCUT2D eigenvalue weighted by Crippen LogP contribution is -2.19.